The second-order valence-electron chi connectivity index (χ2n) is 8.19. The SMILES string of the molecule is CC(=O)Nc1ccc(N(C(=O)CN)c2ncc([N+](=O)[O-])c(Nc3ccccc3C(=O)c3ccccc3)n2)cc1. The molecule has 0 fully saturated rings. The smallest absolute Gasteiger partial charge is 0.329 e. The van der Waals surface area contributed by atoms with E-state index in [2.05, 4.69) is 20.6 Å². The highest BCUT2D eigenvalue weighted by Gasteiger charge is 2.25. The van der Waals surface area contributed by atoms with Crippen molar-refractivity contribution in [2.24, 2.45) is 5.73 Å². The lowest BCUT2D eigenvalue weighted by molar-refractivity contribution is -0.384. The van der Waals surface area contributed by atoms with Crippen LogP contribution in [0.4, 0.5) is 34.5 Å². The lowest BCUT2D eigenvalue weighted by Gasteiger charge is -2.21. The topological polar surface area (TPSA) is 173 Å². The number of anilines is 5. The fourth-order valence-electron chi connectivity index (χ4n) is 3.72. The molecule has 0 spiro atoms. The molecule has 12 heteroatoms. The summed E-state index contributed by atoms with van der Waals surface area (Å²) < 4.78 is 0. The summed E-state index contributed by atoms with van der Waals surface area (Å²) in [6.45, 7) is 0.966. The summed E-state index contributed by atoms with van der Waals surface area (Å²) in [5, 5.41) is 17.3. The maximum Gasteiger partial charge on any atom is 0.329 e. The van der Waals surface area contributed by atoms with E-state index in [-0.39, 0.29) is 34.7 Å². The van der Waals surface area contributed by atoms with Crippen LogP contribution in [-0.2, 0) is 9.59 Å². The van der Waals surface area contributed by atoms with Gasteiger partial charge in [-0.2, -0.15) is 4.98 Å². The van der Waals surface area contributed by atoms with E-state index in [0.717, 1.165) is 11.1 Å². The van der Waals surface area contributed by atoms with E-state index in [4.69, 9.17) is 5.73 Å². The molecular formula is C27H23N7O5. The number of hydrogen-bond donors (Lipinski definition) is 3. The Hall–Kier alpha value is -5.49. The van der Waals surface area contributed by atoms with Crippen molar-refractivity contribution in [2.45, 2.75) is 6.92 Å². The van der Waals surface area contributed by atoms with E-state index < -0.39 is 23.1 Å². The number of hydrogen-bond acceptors (Lipinski definition) is 9. The first-order chi connectivity index (χ1) is 18.8. The number of aromatic nitrogens is 2. The highest BCUT2D eigenvalue weighted by atomic mass is 16.6. The van der Waals surface area contributed by atoms with Crippen molar-refractivity contribution in [3.63, 3.8) is 0 Å². The minimum Gasteiger partial charge on any atom is -0.334 e. The molecule has 0 saturated heterocycles. The van der Waals surface area contributed by atoms with Crippen LogP contribution >= 0.6 is 0 Å². The fraction of sp³-hybridized carbons (Fsp3) is 0.0741. The number of carbonyl (C=O) groups is 3. The summed E-state index contributed by atoms with van der Waals surface area (Å²) in [4.78, 5) is 57.9. The molecule has 3 aromatic carbocycles. The van der Waals surface area contributed by atoms with Gasteiger partial charge in [-0.15, -0.1) is 0 Å². The molecule has 4 rings (SSSR count). The zero-order chi connectivity index (χ0) is 27.9. The summed E-state index contributed by atoms with van der Waals surface area (Å²) in [5.41, 5.74) is 6.95. The van der Waals surface area contributed by atoms with Crippen LogP contribution in [0.3, 0.4) is 0 Å². The van der Waals surface area contributed by atoms with Crippen molar-refractivity contribution < 1.29 is 19.3 Å². The molecule has 12 nitrogen and oxygen atoms in total. The van der Waals surface area contributed by atoms with Crippen LogP contribution in [0.1, 0.15) is 22.8 Å². The van der Waals surface area contributed by atoms with Crippen LogP contribution in [-0.4, -0.2) is 39.0 Å². The average molecular weight is 526 g/mol. The van der Waals surface area contributed by atoms with Crippen LogP contribution in [0.5, 0.6) is 0 Å². The van der Waals surface area contributed by atoms with Crippen LogP contribution < -0.4 is 21.3 Å². The molecule has 0 atom stereocenters. The molecule has 4 aromatic rings. The summed E-state index contributed by atoms with van der Waals surface area (Å²) >= 11 is 0. The predicted octanol–water partition coefficient (Wildman–Crippen LogP) is 3.94. The van der Waals surface area contributed by atoms with Crippen molar-refractivity contribution >= 4 is 52.1 Å². The van der Waals surface area contributed by atoms with Crippen molar-refractivity contribution in [1.82, 2.24) is 9.97 Å². The van der Waals surface area contributed by atoms with Crippen molar-refractivity contribution in [3.8, 4) is 0 Å². The van der Waals surface area contributed by atoms with E-state index in [1.807, 2.05) is 0 Å². The largest absolute Gasteiger partial charge is 0.334 e. The molecule has 0 aliphatic rings. The molecule has 0 bridgehead atoms. The van der Waals surface area contributed by atoms with Crippen molar-refractivity contribution in [3.05, 3.63) is 106 Å². The second-order valence-corrected chi connectivity index (χ2v) is 8.19. The van der Waals surface area contributed by atoms with Crippen molar-refractivity contribution in [1.29, 1.82) is 0 Å². The molecule has 1 heterocycles. The summed E-state index contributed by atoms with van der Waals surface area (Å²) in [5.74, 6) is -1.56. The average Bonchev–Trinajstić information content (AvgIpc) is 2.94. The Labute approximate surface area is 222 Å². The maximum atomic E-state index is 13.2. The molecule has 39 heavy (non-hydrogen) atoms. The van der Waals surface area contributed by atoms with Gasteiger partial charge in [-0.1, -0.05) is 42.5 Å². The molecule has 0 radical (unpaired) electrons. The summed E-state index contributed by atoms with van der Waals surface area (Å²) in [7, 11) is 0. The van der Waals surface area contributed by atoms with Crippen LogP contribution in [0.25, 0.3) is 0 Å². The number of carbonyl (C=O) groups excluding carboxylic acids is 3. The number of amides is 2. The number of nitro groups is 1. The Kier molecular flexibility index (Phi) is 7.98. The Balaban J connectivity index is 1.76. The third-order valence-corrected chi connectivity index (χ3v) is 5.48. The van der Waals surface area contributed by atoms with Gasteiger partial charge in [0, 0.05) is 23.7 Å². The first kappa shape index (κ1) is 26.6. The van der Waals surface area contributed by atoms with E-state index >= 15 is 0 Å². The van der Waals surface area contributed by atoms with Gasteiger partial charge in [0.15, 0.2) is 5.78 Å². The minimum absolute atomic E-state index is 0.183. The predicted molar refractivity (Wildman–Crippen MR) is 145 cm³/mol. The molecule has 0 unspecified atom stereocenters. The Morgan fingerprint density at radius 1 is 0.974 bits per heavy atom. The zero-order valence-electron chi connectivity index (χ0n) is 20.7. The number of nitrogens with zero attached hydrogens (tertiary/aromatic N) is 4. The Morgan fingerprint density at radius 2 is 1.64 bits per heavy atom. The normalized spacial score (nSPS) is 10.4. The van der Waals surface area contributed by atoms with Gasteiger partial charge in [0.1, 0.15) is 6.20 Å². The summed E-state index contributed by atoms with van der Waals surface area (Å²) in [6, 6.07) is 21.3. The number of rotatable bonds is 9. The zero-order valence-corrected chi connectivity index (χ0v) is 20.7. The minimum atomic E-state index is -0.676. The standard InChI is InChI=1S/C27H23N7O5/c1-17(35)30-19-11-13-20(14-12-19)33(24(36)15-28)27-29-16-23(34(38)39)26(32-27)31-22-10-6-5-9-21(22)25(37)18-7-3-2-4-8-18/h2-14,16H,15,28H2,1H3,(H,30,35)(H,29,31,32). The fourth-order valence-corrected chi connectivity index (χ4v) is 3.72. The molecule has 4 N–H and O–H groups in total. The third-order valence-electron chi connectivity index (χ3n) is 5.48. The van der Waals surface area contributed by atoms with Gasteiger partial charge in [0.05, 0.1) is 22.8 Å². The number of benzene rings is 3. The highest BCUT2D eigenvalue weighted by molar-refractivity contribution is 6.12. The first-order valence-electron chi connectivity index (χ1n) is 11.7. The quantitative estimate of drug-likeness (QED) is 0.166. The lowest BCUT2D eigenvalue weighted by Crippen LogP contribution is -2.33. The molecular weight excluding hydrogens is 502 g/mol. The molecule has 196 valence electrons. The van der Waals surface area contributed by atoms with Gasteiger partial charge in [-0.3, -0.25) is 24.5 Å². The number of para-hydroxylation sites is 1. The number of nitrogens with one attached hydrogen (secondary N) is 2. The first-order valence-corrected chi connectivity index (χ1v) is 11.7. The van der Waals surface area contributed by atoms with Gasteiger partial charge < -0.3 is 16.4 Å². The second kappa shape index (κ2) is 11.7. The molecule has 0 aliphatic heterocycles. The van der Waals surface area contributed by atoms with Gasteiger partial charge in [0.2, 0.25) is 23.6 Å². The van der Waals surface area contributed by atoms with E-state index in [1.165, 1.54) is 6.92 Å². The monoisotopic (exact) mass is 525 g/mol. The van der Waals surface area contributed by atoms with Gasteiger partial charge in [0.25, 0.3) is 0 Å². The number of nitrogens with two attached hydrogens (primary N) is 1. The molecule has 0 saturated carbocycles. The molecule has 2 amide bonds. The van der Waals surface area contributed by atoms with E-state index in [1.54, 1.807) is 78.9 Å². The lowest BCUT2D eigenvalue weighted by atomic mass is 10.0. The van der Waals surface area contributed by atoms with E-state index in [9.17, 15) is 24.5 Å². The van der Waals surface area contributed by atoms with Crippen LogP contribution in [0.15, 0.2) is 85.1 Å². The Morgan fingerprint density at radius 3 is 2.28 bits per heavy atom. The van der Waals surface area contributed by atoms with Crippen molar-refractivity contribution in [2.75, 3.05) is 22.1 Å². The summed E-state index contributed by atoms with van der Waals surface area (Å²) in [6.07, 6.45) is 0.967. The van der Waals surface area contributed by atoms with Gasteiger partial charge in [-0.25, -0.2) is 9.88 Å². The molecule has 0 aliphatic carbocycles. The molecule has 1 aromatic heterocycles. The Bertz CT molecular complexity index is 1540. The van der Waals surface area contributed by atoms with Crippen LogP contribution in [0, 0.1) is 10.1 Å². The maximum absolute atomic E-state index is 13.2. The van der Waals surface area contributed by atoms with Gasteiger partial charge >= 0.3 is 5.69 Å². The number of ketones is 1. The van der Waals surface area contributed by atoms with Crippen LogP contribution in [0.2, 0.25) is 0 Å². The third kappa shape index (κ3) is 6.09. The highest BCUT2D eigenvalue weighted by Crippen LogP contribution is 2.32. The van der Waals surface area contributed by atoms with E-state index in [0.29, 0.717) is 16.9 Å². The van der Waals surface area contributed by atoms with Gasteiger partial charge in [-0.05, 0) is 36.4 Å².